The molecule has 0 aliphatic rings. The van der Waals surface area contributed by atoms with Crippen LogP contribution in [0.15, 0.2) is 30.5 Å². The molecule has 0 fully saturated rings. The van der Waals surface area contributed by atoms with Gasteiger partial charge in [0.2, 0.25) is 0 Å². The molecule has 0 aliphatic carbocycles. The minimum atomic E-state index is -3.81. The summed E-state index contributed by atoms with van der Waals surface area (Å²) in [5, 5.41) is 23.8. The number of benzene rings is 1. The highest BCUT2D eigenvalue weighted by Gasteiger charge is 2.18. The van der Waals surface area contributed by atoms with Crippen LogP contribution < -0.4 is 14.9 Å². The summed E-state index contributed by atoms with van der Waals surface area (Å²) in [5.41, 5.74) is 1.01. The van der Waals surface area contributed by atoms with Gasteiger partial charge in [-0.3, -0.25) is 10.6 Å². The number of H-pyrrole nitrogens is 1. The first-order valence-corrected chi connectivity index (χ1v) is 9.72. The van der Waals surface area contributed by atoms with E-state index in [9.17, 15) is 18.0 Å². The van der Waals surface area contributed by atoms with E-state index in [-0.39, 0.29) is 40.7 Å². The number of imidazole rings is 1. The van der Waals surface area contributed by atoms with Crippen molar-refractivity contribution in [1.29, 1.82) is 5.41 Å². The fourth-order valence-corrected chi connectivity index (χ4v) is 3.01. The van der Waals surface area contributed by atoms with E-state index in [4.69, 9.17) is 22.1 Å². The van der Waals surface area contributed by atoms with Gasteiger partial charge in [-0.15, -0.1) is 0 Å². The number of rotatable bonds is 6. The van der Waals surface area contributed by atoms with Crippen molar-refractivity contribution in [3.8, 4) is 0 Å². The molecule has 0 aliphatic heterocycles. The highest BCUT2D eigenvalue weighted by atomic mass is 35.5. The lowest BCUT2D eigenvalue weighted by atomic mass is 10.2. The molecule has 2 heterocycles. The summed E-state index contributed by atoms with van der Waals surface area (Å²) >= 11 is 5.72. The number of hydroxylamine groups is 1. The van der Waals surface area contributed by atoms with Crippen LogP contribution in [0.2, 0.25) is 5.02 Å². The highest BCUT2D eigenvalue weighted by Crippen LogP contribution is 2.24. The second kappa shape index (κ2) is 7.77. The molecule has 28 heavy (non-hydrogen) atoms. The second-order valence-electron chi connectivity index (χ2n) is 5.69. The lowest BCUT2D eigenvalue weighted by molar-refractivity contribution is 0.312. The molecular weight excluding hydrogens is 413 g/mol. The van der Waals surface area contributed by atoms with Gasteiger partial charge in [-0.2, -0.15) is 8.42 Å². The smallest absolute Gasteiger partial charge is 0.274 e. The Morgan fingerprint density at radius 2 is 2.18 bits per heavy atom. The highest BCUT2D eigenvalue weighted by molar-refractivity contribution is 7.87. The molecule has 13 heteroatoms. The third-order valence-electron chi connectivity index (χ3n) is 3.72. The van der Waals surface area contributed by atoms with Gasteiger partial charge in [0, 0.05) is 24.7 Å². The molecule has 0 amide bonds. The van der Waals surface area contributed by atoms with Crippen LogP contribution in [0.4, 0.5) is 10.1 Å². The Bertz CT molecular complexity index is 1150. The molecule has 0 spiro atoms. The molecule has 3 aromatic rings. The summed E-state index contributed by atoms with van der Waals surface area (Å²) in [6.07, 6.45) is 1.61. The summed E-state index contributed by atoms with van der Waals surface area (Å²) < 4.78 is 37.3. The topological polar surface area (TPSA) is 161 Å². The van der Waals surface area contributed by atoms with Gasteiger partial charge >= 0.3 is 0 Å². The molecule has 2 aromatic heterocycles. The van der Waals surface area contributed by atoms with Crippen molar-refractivity contribution in [2.45, 2.75) is 6.42 Å². The van der Waals surface area contributed by atoms with Gasteiger partial charge in [-0.05, 0) is 24.3 Å². The van der Waals surface area contributed by atoms with Crippen molar-refractivity contribution in [1.82, 2.24) is 19.7 Å². The van der Waals surface area contributed by atoms with Crippen molar-refractivity contribution in [3.63, 3.8) is 0 Å². The number of anilines is 1. The molecule has 0 saturated heterocycles. The predicted octanol–water partition coefficient (Wildman–Crippen LogP) is 1.31. The zero-order valence-electron chi connectivity index (χ0n) is 14.1. The first kappa shape index (κ1) is 20.1. The van der Waals surface area contributed by atoms with Crippen LogP contribution in [-0.2, 0) is 16.6 Å². The maximum absolute atomic E-state index is 13.3. The lowest BCUT2D eigenvalue weighted by Crippen LogP contribution is -2.32. The molecule has 1 aromatic carbocycles. The Labute approximate surface area is 163 Å². The minimum absolute atomic E-state index is 0.0195. The average Bonchev–Trinajstić information content (AvgIpc) is 3.04. The van der Waals surface area contributed by atoms with E-state index >= 15 is 0 Å². The number of nitrogens with two attached hydrogens (primary N) is 1. The first-order chi connectivity index (χ1) is 13.2. The number of halogens is 2. The van der Waals surface area contributed by atoms with Gasteiger partial charge < -0.3 is 4.98 Å². The van der Waals surface area contributed by atoms with Crippen LogP contribution in [-0.4, -0.2) is 41.0 Å². The van der Waals surface area contributed by atoms with E-state index in [2.05, 4.69) is 19.7 Å². The van der Waals surface area contributed by atoms with Crippen molar-refractivity contribution < 1.29 is 18.0 Å². The predicted molar refractivity (Wildman–Crippen MR) is 101 cm³/mol. The fourth-order valence-electron chi connectivity index (χ4n) is 2.45. The van der Waals surface area contributed by atoms with Gasteiger partial charge in [0.25, 0.3) is 10.2 Å². The Kier molecular flexibility index (Phi) is 5.58. The maximum Gasteiger partial charge on any atom is 0.274 e. The van der Waals surface area contributed by atoms with Crippen LogP contribution >= 0.6 is 11.6 Å². The van der Waals surface area contributed by atoms with Crippen LogP contribution in [0.5, 0.6) is 0 Å². The lowest BCUT2D eigenvalue weighted by Gasteiger charge is -2.18. The first-order valence-electron chi connectivity index (χ1n) is 7.79. The normalized spacial score (nSPS) is 11.7. The van der Waals surface area contributed by atoms with E-state index < -0.39 is 16.0 Å². The summed E-state index contributed by atoms with van der Waals surface area (Å²) in [6, 6.07) is 5.01. The number of amidine groups is 1. The summed E-state index contributed by atoms with van der Waals surface area (Å²) in [5.74, 6) is -0.566. The van der Waals surface area contributed by atoms with Crippen LogP contribution in [0.3, 0.4) is 0 Å². The average molecular weight is 428 g/mol. The number of fused-ring (bicyclic) bond motifs is 1. The molecular formula is C15H15ClFN7O3S. The third-order valence-corrected chi connectivity index (χ3v) is 4.62. The summed E-state index contributed by atoms with van der Waals surface area (Å²) in [6.45, 7) is 0.0195. The Morgan fingerprint density at radius 3 is 2.86 bits per heavy atom. The number of hydrogen-bond donors (Lipinski definition) is 5. The van der Waals surface area contributed by atoms with Crippen LogP contribution in [0, 0.1) is 11.2 Å². The molecule has 0 saturated carbocycles. The minimum Gasteiger partial charge on any atom is -0.340 e. The van der Waals surface area contributed by atoms with E-state index in [0.717, 1.165) is 6.07 Å². The van der Waals surface area contributed by atoms with E-state index in [1.54, 1.807) is 0 Å². The van der Waals surface area contributed by atoms with Crippen molar-refractivity contribution in [2.24, 2.45) is 5.14 Å². The fraction of sp³-hybridized carbons (Fsp3) is 0.133. The number of pyridine rings is 1. The molecule has 3 rings (SSSR count). The molecule has 0 bridgehead atoms. The Morgan fingerprint density at radius 1 is 1.43 bits per heavy atom. The standard InChI is InChI=1S/C15H15ClFN7O3S/c16-10-7-8(1-2-11(10)17)24(25)14(18)9-3-5-20-15-13(9)22-12(23-15)4-6-21-28(19,26)27/h1-3,5,7,18,21,25H,4,6H2,(H2,19,26,27)(H,20,22,23). The SMILES string of the molecule is N=C(c1ccnc2nc(CCNS(N)(=O)=O)[nH]c12)N(O)c1ccc(F)c(Cl)c1. The zero-order valence-corrected chi connectivity index (χ0v) is 15.7. The van der Waals surface area contributed by atoms with E-state index in [1.165, 1.54) is 24.4 Å². The monoisotopic (exact) mass is 427 g/mol. The molecule has 0 atom stereocenters. The van der Waals surface area contributed by atoms with Crippen molar-refractivity contribution in [3.05, 3.63) is 52.7 Å². The van der Waals surface area contributed by atoms with Crippen LogP contribution in [0.25, 0.3) is 11.2 Å². The van der Waals surface area contributed by atoms with Gasteiger partial charge in [-0.1, -0.05) is 11.6 Å². The zero-order chi connectivity index (χ0) is 20.5. The molecule has 148 valence electrons. The molecule has 0 radical (unpaired) electrons. The van der Waals surface area contributed by atoms with Crippen LogP contribution in [0.1, 0.15) is 11.4 Å². The molecule has 0 unspecified atom stereocenters. The van der Waals surface area contributed by atoms with E-state index in [1.807, 2.05) is 0 Å². The number of aromatic amines is 1. The number of nitrogens with zero attached hydrogens (tertiary/aromatic N) is 3. The second-order valence-corrected chi connectivity index (χ2v) is 7.47. The number of hydrogen-bond acceptors (Lipinski definition) is 6. The summed E-state index contributed by atoms with van der Waals surface area (Å²) in [4.78, 5) is 11.3. The van der Waals surface area contributed by atoms with Gasteiger partial charge in [0.05, 0.1) is 16.2 Å². The van der Waals surface area contributed by atoms with Gasteiger partial charge in [0.1, 0.15) is 11.6 Å². The third kappa shape index (κ3) is 4.43. The summed E-state index contributed by atoms with van der Waals surface area (Å²) in [7, 11) is -3.81. The largest absolute Gasteiger partial charge is 0.340 e. The molecule has 6 N–H and O–H groups in total. The number of nitrogens with one attached hydrogen (secondary N) is 3. The van der Waals surface area contributed by atoms with Gasteiger partial charge in [-0.25, -0.2) is 29.3 Å². The Balaban J connectivity index is 1.87. The maximum atomic E-state index is 13.3. The van der Waals surface area contributed by atoms with E-state index in [0.29, 0.717) is 16.4 Å². The quantitative estimate of drug-likeness (QED) is 0.226. The number of aromatic nitrogens is 3. The van der Waals surface area contributed by atoms with Crippen molar-refractivity contribution >= 4 is 44.5 Å². The Hall–Kier alpha value is -2.64. The molecule has 10 nitrogen and oxygen atoms in total. The van der Waals surface area contributed by atoms with Gasteiger partial charge in [0.15, 0.2) is 11.5 Å². The van der Waals surface area contributed by atoms with Crippen molar-refractivity contribution in [2.75, 3.05) is 11.6 Å².